The second-order valence-corrected chi connectivity index (χ2v) is 7.04. The van der Waals surface area contributed by atoms with Gasteiger partial charge in [0, 0.05) is 30.6 Å². The van der Waals surface area contributed by atoms with Crippen molar-refractivity contribution in [2.24, 2.45) is 5.92 Å². The molecule has 1 amide bonds. The molecule has 138 valence electrons. The number of hydrogen-bond donors (Lipinski definition) is 1. The maximum atomic E-state index is 12.3. The zero-order chi connectivity index (χ0) is 18.8. The smallest absolute Gasteiger partial charge is 0.410 e. The number of carboxylic acid groups (broad SMARTS) is 1. The van der Waals surface area contributed by atoms with E-state index in [0.717, 1.165) is 5.56 Å². The molecule has 1 aromatic carbocycles. The number of carbonyl (C=O) groups excluding carboxylic acids is 1. The zero-order valence-corrected chi connectivity index (χ0v) is 15.2. The van der Waals surface area contributed by atoms with E-state index < -0.39 is 23.6 Å². The molecule has 0 radical (unpaired) electrons. The third-order valence-electron chi connectivity index (χ3n) is 4.13. The fraction of sp³-hybridized carbons (Fsp3) is 0.556. The summed E-state index contributed by atoms with van der Waals surface area (Å²) in [5.74, 6) is -0.897. The van der Waals surface area contributed by atoms with Gasteiger partial charge in [-0.3, -0.25) is 4.79 Å². The van der Waals surface area contributed by atoms with Crippen molar-refractivity contribution in [1.29, 1.82) is 0 Å². The molecular formula is C18H25NO6. The number of nitrogens with zero attached hydrogens (tertiary/aromatic N) is 1. The number of carbonyl (C=O) groups is 2. The molecule has 1 heterocycles. The molecule has 0 aromatic heterocycles. The summed E-state index contributed by atoms with van der Waals surface area (Å²) in [4.78, 5) is 25.5. The van der Waals surface area contributed by atoms with E-state index in [9.17, 15) is 14.7 Å². The first-order chi connectivity index (χ1) is 11.7. The largest absolute Gasteiger partial charge is 0.497 e. The van der Waals surface area contributed by atoms with Crippen LogP contribution >= 0.6 is 0 Å². The third-order valence-corrected chi connectivity index (χ3v) is 4.13. The second-order valence-electron chi connectivity index (χ2n) is 7.04. The molecular weight excluding hydrogens is 326 g/mol. The number of amides is 1. The van der Waals surface area contributed by atoms with Crippen LogP contribution in [0.2, 0.25) is 0 Å². The van der Waals surface area contributed by atoms with E-state index in [1.807, 2.05) is 0 Å². The normalized spacial score (nSPS) is 20.3. The molecule has 7 heteroatoms. The quantitative estimate of drug-likeness (QED) is 0.898. The van der Waals surface area contributed by atoms with Crippen molar-refractivity contribution >= 4 is 12.1 Å². The van der Waals surface area contributed by atoms with E-state index in [2.05, 4.69) is 0 Å². The lowest BCUT2D eigenvalue weighted by Gasteiger charge is -2.24. The van der Waals surface area contributed by atoms with E-state index in [-0.39, 0.29) is 19.0 Å². The average Bonchev–Trinajstić information content (AvgIpc) is 2.98. The van der Waals surface area contributed by atoms with Gasteiger partial charge in [0.25, 0.3) is 0 Å². The molecule has 2 rings (SSSR count). The van der Waals surface area contributed by atoms with Crippen LogP contribution in [-0.2, 0) is 9.53 Å². The molecule has 0 aliphatic carbocycles. The maximum absolute atomic E-state index is 12.3. The van der Waals surface area contributed by atoms with Crippen LogP contribution in [0.4, 0.5) is 4.79 Å². The van der Waals surface area contributed by atoms with Gasteiger partial charge >= 0.3 is 12.1 Å². The van der Waals surface area contributed by atoms with Crippen LogP contribution in [0.5, 0.6) is 11.5 Å². The van der Waals surface area contributed by atoms with Crippen molar-refractivity contribution in [3.8, 4) is 11.5 Å². The van der Waals surface area contributed by atoms with Crippen molar-refractivity contribution in [1.82, 2.24) is 4.90 Å². The number of hydrogen-bond acceptors (Lipinski definition) is 5. The van der Waals surface area contributed by atoms with Crippen LogP contribution < -0.4 is 9.47 Å². The summed E-state index contributed by atoms with van der Waals surface area (Å²) in [5.41, 5.74) is 0.104. The molecule has 1 aliphatic rings. The minimum Gasteiger partial charge on any atom is -0.497 e. The highest BCUT2D eigenvalue weighted by molar-refractivity contribution is 5.76. The number of methoxy groups -OCH3 is 2. The Bertz CT molecular complexity index is 651. The van der Waals surface area contributed by atoms with Gasteiger partial charge in [0.2, 0.25) is 0 Å². The molecule has 25 heavy (non-hydrogen) atoms. The van der Waals surface area contributed by atoms with Gasteiger partial charge in [0.15, 0.2) is 0 Å². The molecule has 0 saturated carbocycles. The topological polar surface area (TPSA) is 85.3 Å². The highest BCUT2D eigenvalue weighted by Gasteiger charge is 2.42. The average molecular weight is 351 g/mol. The van der Waals surface area contributed by atoms with Gasteiger partial charge in [-0.15, -0.1) is 0 Å². The summed E-state index contributed by atoms with van der Waals surface area (Å²) in [7, 11) is 3.07. The maximum Gasteiger partial charge on any atom is 0.410 e. The van der Waals surface area contributed by atoms with Gasteiger partial charge in [-0.25, -0.2) is 4.79 Å². The molecule has 0 bridgehead atoms. The first kappa shape index (κ1) is 18.9. The summed E-state index contributed by atoms with van der Waals surface area (Å²) in [6.45, 7) is 5.69. The van der Waals surface area contributed by atoms with Crippen molar-refractivity contribution in [2.45, 2.75) is 32.3 Å². The first-order valence-electron chi connectivity index (χ1n) is 8.09. The first-order valence-corrected chi connectivity index (χ1v) is 8.09. The van der Waals surface area contributed by atoms with Gasteiger partial charge in [-0.05, 0) is 26.8 Å². The van der Waals surface area contributed by atoms with Crippen LogP contribution in [0.3, 0.4) is 0 Å². The zero-order valence-electron chi connectivity index (χ0n) is 15.2. The second kappa shape index (κ2) is 7.21. The van der Waals surface area contributed by atoms with E-state index in [0.29, 0.717) is 11.5 Å². The predicted molar refractivity (Wildman–Crippen MR) is 91.2 cm³/mol. The Morgan fingerprint density at radius 3 is 2.36 bits per heavy atom. The summed E-state index contributed by atoms with van der Waals surface area (Å²) < 4.78 is 15.9. The number of carboxylic acids is 1. The van der Waals surface area contributed by atoms with Crippen LogP contribution in [0, 0.1) is 5.92 Å². The lowest BCUT2D eigenvalue weighted by molar-refractivity contribution is -0.141. The molecule has 1 saturated heterocycles. The molecule has 0 unspecified atom stereocenters. The molecule has 1 aliphatic heterocycles. The Balaban J connectivity index is 2.30. The Morgan fingerprint density at radius 2 is 1.84 bits per heavy atom. The molecule has 1 fully saturated rings. The minimum atomic E-state index is -0.950. The molecule has 1 aromatic rings. The SMILES string of the molecule is COc1ccc([C@H]2CN(C(=O)OC(C)(C)C)C[C@@H]2C(=O)O)c(OC)c1. The number of benzene rings is 1. The third kappa shape index (κ3) is 4.35. The Labute approximate surface area is 147 Å². The molecule has 2 atom stereocenters. The lowest BCUT2D eigenvalue weighted by atomic mass is 9.88. The summed E-state index contributed by atoms with van der Waals surface area (Å²) in [6.07, 6.45) is -0.506. The summed E-state index contributed by atoms with van der Waals surface area (Å²) >= 11 is 0. The van der Waals surface area contributed by atoms with Crippen molar-refractivity contribution in [3.63, 3.8) is 0 Å². The van der Waals surface area contributed by atoms with E-state index in [1.54, 1.807) is 46.1 Å². The van der Waals surface area contributed by atoms with Crippen molar-refractivity contribution < 1.29 is 28.9 Å². The Kier molecular flexibility index (Phi) is 5.45. The summed E-state index contributed by atoms with van der Waals surface area (Å²) in [5, 5.41) is 9.60. The van der Waals surface area contributed by atoms with Gasteiger partial charge in [-0.1, -0.05) is 6.07 Å². The van der Waals surface area contributed by atoms with E-state index >= 15 is 0 Å². The number of rotatable bonds is 4. The molecule has 0 spiro atoms. The number of ether oxygens (including phenoxy) is 3. The Hall–Kier alpha value is -2.44. The van der Waals surface area contributed by atoms with Crippen LogP contribution in [-0.4, -0.2) is 55.0 Å². The van der Waals surface area contributed by atoms with Crippen molar-refractivity contribution in [3.05, 3.63) is 23.8 Å². The fourth-order valence-corrected chi connectivity index (χ4v) is 2.97. The van der Waals surface area contributed by atoms with Gasteiger partial charge in [0.05, 0.1) is 20.1 Å². The van der Waals surface area contributed by atoms with E-state index in [1.165, 1.54) is 12.0 Å². The predicted octanol–water partition coefficient (Wildman–Crippen LogP) is 2.74. The standard InChI is InChI=1S/C18H25NO6/c1-18(2,3)25-17(22)19-9-13(14(10-19)16(20)21)12-7-6-11(23-4)8-15(12)24-5/h6-8,13-14H,9-10H2,1-5H3,(H,20,21)/t13-,14+/m1/s1. The summed E-state index contributed by atoms with van der Waals surface area (Å²) in [6, 6.07) is 5.26. The van der Waals surface area contributed by atoms with Gasteiger partial charge < -0.3 is 24.2 Å². The minimum absolute atomic E-state index is 0.101. The molecule has 1 N–H and O–H groups in total. The Morgan fingerprint density at radius 1 is 1.16 bits per heavy atom. The fourth-order valence-electron chi connectivity index (χ4n) is 2.97. The number of likely N-dealkylation sites (tertiary alicyclic amines) is 1. The monoisotopic (exact) mass is 351 g/mol. The van der Waals surface area contributed by atoms with Crippen LogP contribution in [0.25, 0.3) is 0 Å². The lowest BCUT2D eigenvalue weighted by Crippen LogP contribution is -2.35. The van der Waals surface area contributed by atoms with Crippen molar-refractivity contribution in [2.75, 3.05) is 27.3 Å². The number of aliphatic carboxylic acids is 1. The highest BCUT2D eigenvalue weighted by atomic mass is 16.6. The van der Waals surface area contributed by atoms with Crippen LogP contribution in [0.1, 0.15) is 32.3 Å². The van der Waals surface area contributed by atoms with Gasteiger partial charge in [-0.2, -0.15) is 0 Å². The van der Waals surface area contributed by atoms with Gasteiger partial charge in [0.1, 0.15) is 17.1 Å². The van der Waals surface area contributed by atoms with Crippen LogP contribution in [0.15, 0.2) is 18.2 Å². The molecule has 7 nitrogen and oxygen atoms in total. The highest BCUT2D eigenvalue weighted by Crippen LogP contribution is 2.39. The van der Waals surface area contributed by atoms with E-state index in [4.69, 9.17) is 14.2 Å².